The number of rotatable bonds is 4. The molecule has 2 heterocycles. The lowest BCUT2D eigenvalue weighted by molar-refractivity contribution is 0.0997. The molecule has 3 aromatic rings. The molecule has 31 heavy (non-hydrogen) atoms. The number of carbonyl (C=O) groups is 2. The highest BCUT2D eigenvalue weighted by Gasteiger charge is 2.34. The van der Waals surface area contributed by atoms with Crippen LogP contribution in [0.2, 0.25) is 0 Å². The normalized spacial score (nSPS) is 15.9. The molecule has 1 unspecified atom stereocenters. The van der Waals surface area contributed by atoms with Gasteiger partial charge in [0.2, 0.25) is 0 Å². The number of anilines is 2. The lowest BCUT2D eigenvalue weighted by Gasteiger charge is -2.33. The van der Waals surface area contributed by atoms with Gasteiger partial charge in [0, 0.05) is 10.6 Å². The number of carbonyl (C=O) groups excluding carboxylic acids is 2. The Morgan fingerprint density at radius 3 is 2.45 bits per heavy atom. The first-order valence-electron chi connectivity index (χ1n) is 10.6. The van der Waals surface area contributed by atoms with Crippen LogP contribution in [-0.4, -0.2) is 11.8 Å². The van der Waals surface area contributed by atoms with Crippen LogP contribution in [0.25, 0.3) is 0 Å². The largest absolute Gasteiger partial charge is 0.459 e. The quantitative estimate of drug-likeness (QED) is 0.504. The number of fused-ring (bicyclic) bond motifs is 1. The first kappa shape index (κ1) is 21.4. The van der Waals surface area contributed by atoms with Gasteiger partial charge in [0.15, 0.2) is 5.76 Å². The van der Waals surface area contributed by atoms with Crippen LogP contribution in [0.15, 0.2) is 47.1 Å². The van der Waals surface area contributed by atoms with Crippen molar-refractivity contribution in [3.63, 3.8) is 0 Å². The molecule has 0 saturated heterocycles. The molecule has 5 nitrogen and oxygen atoms in total. The molecule has 0 fully saturated rings. The van der Waals surface area contributed by atoms with Crippen molar-refractivity contribution in [2.24, 2.45) is 11.3 Å². The van der Waals surface area contributed by atoms with E-state index in [1.165, 1.54) is 22.5 Å². The van der Waals surface area contributed by atoms with Crippen molar-refractivity contribution in [1.29, 1.82) is 0 Å². The molecule has 0 radical (unpaired) electrons. The third-order valence-corrected chi connectivity index (χ3v) is 7.17. The van der Waals surface area contributed by atoms with Crippen molar-refractivity contribution in [3.8, 4) is 0 Å². The van der Waals surface area contributed by atoms with E-state index in [9.17, 15) is 9.59 Å². The standard InChI is InChI=1S/C25H28N2O3S/c1-15-7-10-17(11-8-15)26-23(29)21-18-12-9-16(25(2,3)4)14-20(18)31-24(21)27-22(28)19-6-5-13-30-19/h5-8,10-11,13,16H,9,12,14H2,1-4H3,(H,26,29)(H,27,28). The molecule has 0 saturated carbocycles. The molecule has 0 bridgehead atoms. The van der Waals surface area contributed by atoms with Crippen LogP contribution in [0.5, 0.6) is 0 Å². The fourth-order valence-corrected chi connectivity index (χ4v) is 5.38. The van der Waals surface area contributed by atoms with Gasteiger partial charge in [-0.25, -0.2) is 0 Å². The number of nitrogens with one attached hydrogen (secondary N) is 2. The van der Waals surface area contributed by atoms with Crippen LogP contribution in [0.4, 0.5) is 10.7 Å². The maximum Gasteiger partial charge on any atom is 0.291 e. The molecule has 162 valence electrons. The summed E-state index contributed by atoms with van der Waals surface area (Å²) in [5, 5.41) is 6.52. The third kappa shape index (κ3) is 4.59. The van der Waals surface area contributed by atoms with E-state index in [0.29, 0.717) is 16.5 Å². The van der Waals surface area contributed by atoms with Crippen molar-refractivity contribution in [3.05, 3.63) is 70.0 Å². The summed E-state index contributed by atoms with van der Waals surface area (Å²) >= 11 is 1.51. The molecule has 2 N–H and O–H groups in total. The Morgan fingerprint density at radius 1 is 1.06 bits per heavy atom. The van der Waals surface area contributed by atoms with E-state index in [1.54, 1.807) is 12.1 Å². The summed E-state index contributed by atoms with van der Waals surface area (Å²) in [5.74, 6) is 0.231. The average molecular weight is 437 g/mol. The predicted molar refractivity (Wildman–Crippen MR) is 125 cm³/mol. The summed E-state index contributed by atoms with van der Waals surface area (Å²) in [6.45, 7) is 8.80. The third-order valence-electron chi connectivity index (χ3n) is 6.00. The minimum absolute atomic E-state index is 0.190. The highest BCUT2D eigenvalue weighted by molar-refractivity contribution is 7.17. The van der Waals surface area contributed by atoms with E-state index in [1.807, 2.05) is 31.2 Å². The van der Waals surface area contributed by atoms with E-state index < -0.39 is 0 Å². The molecule has 1 aliphatic rings. The summed E-state index contributed by atoms with van der Waals surface area (Å²) in [6, 6.07) is 11.0. The van der Waals surface area contributed by atoms with E-state index in [4.69, 9.17) is 4.42 Å². The SMILES string of the molecule is Cc1ccc(NC(=O)c2c(NC(=O)c3ccco3)sc3c2CCC(C(C)(C)C)C3)cc1. The van der Waals surface area contributed by atoms with Gasteiger partial charge in [0.05, 0.1) is 11.8 Å². The molecule has 1 aromatic carbocycles. The summed E-state index contributed by atoms with van der Waals surface area (Å²) in [5.41, 5.74) is 3.70. The Bertz CT molecular complexity index is 1090. The van der Waals surface area contributed by atoms with Crippen LogP contribution in [0.3, 0.4) is 0 Å². The van der Waals surface area contributed by atoms with Crippen LogP contribution in [-0.2, 0) is 12.8 Å². The average Bonchev–Trinajstić information content (AvgIpc) is 3.36. The first-order chi connectivity index (χ1) is 14.7. The number of amides is 2. The Kier molecular flexibility index (Phi) is 5.75. The van der Waals surface area contributed by atoms with E-state index in [0.717, 1.165) is 36.1 Å². The maximum atomic E-state index is 13.3. The topological polar surface area (TPSA) is 71.3 Å². The molecule has 1 atom stereocenters. The highest BCUT2D eigenvalue weighted by Crippen LogP contribution is 2.44. The fourth-order valence-electron chi connectivity index (χ4n) is 4.06. The Balaban J connectivity index is 1.67. The number of aryl methyl sites for hydroxylation is 1. The Hall–Kier alpha value is -2.86. The number of hydrogen-bond donors (Lipinski definition) is 2. The summed E-state index contributed by atoms with van der Waals surface area (Å²) in [7, 11) is 0. The van der Waals surface area contributed by atoms with Crippen LogP contribution >= 0.6 is 11.3 Å². The zero-order valence-corrected chi connectivity index (χ0v) is 19.2. The van der Waals surface area contributed by atoms with Gasteiger partial charge in [-0.1, -0.05) is 38.5 Å². The van der Waals surface area contributed by atoms with Crippen LogP contribution in [0, 0.1) is 18.3 Å². The van der Waals surface area contributed by atoms with Crippen LogP contribution < -0.4 is 10.6 Å². The molecule has 1 aliphatic carbocycles. The van der Waals surface area contributed by atoms with Gasteiger partial charge in [-0.05, 0) is 67.3 Å². The lowest BCUT2D eigenvalue weighted by atomic mass is 9.72. The Labute approximate surface area is 186 Å². The van der Waals surface area contributed by atoms with Gasteiger partial charge in [0.25, 0.3) is 11.8 Å². The molecule has 0 aliphatic heterocycles. The van der Waals surface area contributed by atoms with Gasteiger partial charge in [-0.3, -0.25) is 9.59 Å². The predicted octanol–water partition coefficient (Wildman–Crippen LogP) is 6.31. The number of thiophene rings is 1. The van der Waals surface area contributed by atoms with Gasteiger partial charge < -0.3 is 15.1 Å². The molecule has 0 spiro atoms. The molecule has 2 aromatic heterocycles. The zero-order chi connectivity index (χ0) is 22.2. The first-order valence-corrected chi connectivity index (χ1v) is 11.4. The minimum atomic E-state index is -0.347. The van der Waals surface area contributed by atoms with E-state index in [2.05, 4.69) is 31.4 Å². The van der Waals surface area contributed by atoms with Gasteiger partial charge in [-0.15, -0.1) is 11.3 Å². The number of hydrogen-bond acceptors (Lipinski definition) is 4. The monoisotopic (exact) mass is 436 g/mol. The van der Waals surface area contributed by atoms with Crippen LogP contribution in [0.1, 0.15) is 64.1 Å². The zero-order valence-electron chi connectivity index (χ0n) is 18.4. The van der Waals surface area contributed by atoms with E-state index in [-0.39, 0.29) is 23.0 Å². The van der Waals surface area contributed by atoms with E-state index >= 15 is 0 Å². The Morgan fingerprint density at radius 2 is 1.81 bits per heavy atom. The number of furan rings is 1. The highest BCUT2D eigenvalue weighted by atomic mass is 32.1. The van der Waals surface area contributed by atoms with Gasteiger partial charge >= 0.3 is 0 Å². The van der Waals surface area contributed by atoms with Gasteiger partial charge in [0.1, 0.15) is 5.00 Å². The van der Waals surface area contributed by atoms with Crippen molar-refractivity contribution >= 4 is 33.8 Å². The van der Waals surface area contributed by atoms with Crippen molar-refractivity contribution < 1.29 is 14.0 Å². The second-order valence-electron chi connectivity index (χ2n) is 9.27. The second kappa shape index (κ2) is 8.35. The smallest absolute Gasteiger partial charge is 0.291 e. The van der Waals surface area contributed by atoms with Crippen molar-refractivity contribution in [2.75, 3.05) is 10.6 Å². The molecule has 2 amide bonds. The molecular weight excluding hydrogens is 408 g/mol. The molecular formula is C25H28N2O3S. The summed E-state index contributed by atoms with van der Waals surface area (Å²) < 4.78 is 5.23. The van der Waals surface area contributed by atoms with Crippen molar-refractivity contribution in [2.45, 2.75) is 47.0 Å². The van der Waals surface area contributed by atoms with Crippen molar-refractivity contribution in [1.82, 2.24) is 0 Å². The lowest BCUT2D eigenvalue weighted by Crippen LogP contribution is -2.27. The fraction of sp³-hybridized carbons (Fsp3) is 0.360. The minimum Gasteiger partial charge on any atom is -0.459 e. The summed E-state index contributed by atoms with van der Waals surface area (Å²) in [4.78, 5) is 27.2. The number of benzene rings is 1. The van der Waals surface area contributed by atoms with Gasteiger partial charge in [-0.2, -0.15) is 0 Å². The second-order valence-corrected chi connectivity index (χ2v) is 10.4. The molecule has 6 heteroatoms. The molecule has 4 rings (SSSR count). The summed E-state index contributed by atoms with van der Waals surface area (Å²) in [6.07, 6.45) is 4.25. The maximum absolute atomic E-state index is 13.3.